The number of furan rings is 1. The van der Waals surface area contributed by atoms with Gasteiger partial charge in [-0.25, -0.2) is 4.39 Å². The summed E-state index contributed by atoms with van der Waals surface area (Å²) in [5.41, 5.74) is 0.765. The number of rotatable bonds is 4. The number of amides is 2. The number of hydrogen-bond acceptors (Lipinski definition) is 3. The summed E-state index contributed by atoms with van der Waals surface area (Å²) in [6.07, 6.45) is 2.72. The zero-order valence-electron chi connectivity index (χ0n) is 14.2. The smallest absolute Gasteiger partial charge is 0.289 e. The number of hydrogen-bond donors (Lipinski definition) is 0. The minimum atomic E-state index is -0.303. The van der Waals surface area contributed by atoms with Crippen LogP contribution in [0.3, 0.4) is 0 Å². The van der Waals surface area contributed by atoms with Gasteiger partial charge < -0.3 is 14.2 Å². The van der Waals surface area contributed by atoms with Gasteiger partial charge in [0.1, 0.15) is 5.82 Å². The first-order valence-corrected chi connectivity index (χ1v) is 8.37. The summed E-state index contributed by atoms with van der Waals surface area (Å²) in [7, 11) is 1.73. The molecule has 2 amide bonds. The van der Waals surface area contributed by atoms with Crippen molar-refractivity contribution in [3.8, 4) is 0 Å². The van der Waals surface area contributed by atoms with Crippen LogP contribution in [0.1, 0.15) is 29.0 Å². The van der Waals surface area contributed by atoms with E-state index in [0.29, 0.717) is 38.2 Å². The number of halogens is 1. The number of piperidine rings is 1. The molecule has 0 unspecified atom stereocenters. The molecule has 0 spiro atoms. The molecule has 0 aliphatic carbocycles. The average Bonchev–Trinajstić information content (AvgIpc) is 3.15. The maximum Gasteiger partial charge on any atom is 0.289 e. The van der Waals surface area contributed by atoms with Crippen molar-refractivity contribution in [2.24, 2.45) is 5.92 Å². The fourth-order valence-corrected chi connectivity index (χ4v) is 3.18. The molecule has 5 nitrogen and oxygen atoms in total. The molecule has 1 aromatic heterocycles. The molecular weight excluding hydrogens is 323 g/mol. The molecule has 132 valence electrons. The van der Waals surface area contributed by atoms with E-state index < -0.39 is 0 Å². The molecule has 2 heterocycles. The molecule has 1 aliphatic heterocycles. The van der Waals surface area contributed by atoms with E-state index >= 15 is 0 Å². The van der Waals surface area contributed by atoms with Crippen LogP contribution in [0.2, 0.25) is 0 Å². The van der Waals surface area contributed by atoms with Crippen LogP contribution in [0.5, 0.6) is 0 Å². The zero-order valence-corrected chi connectivity index (χ0v) is 14.2. The Morgan fingerprint density at radius 1 is 1.24 bits per heavy atom. The minimum Gasteiger partial charge on any atom is -0.459 e. The highest BCUT2D eigenvalue weighted by atomic mass is 19.1. The van der Waals surface area contributed by atoms with Crippen molar-refractivity contribution in [2.75, 3.05) is 20.1 Å². The Morgan fingerprint density at radius 3 is 2.64 bits per heavy atom. The first-order valence-electron chi connectivity index (χ1n) is 8.37. The van der Waals surface area contributed by atoms with E-state index in [0.717, 1.165) is 5.56 Å². The van der Waals surface area contributed by atoms with Crippen LogP contribution in [-0.2, 0) is 11.3 Å². The van der Waals surface area contributed by atoms with Crippen molar-refractivity contribution in [3.63, 3.8) is 0 Å². The fourth-order valence-electron chi connectivity index (χ4n) is 3.18. The Hall–Kier alpha value is -2.63. The quantitative estimate of drug-likeness (QED) is 0.857. The maximum atomic E-state index is 13.3. The standard InChI is InChI=1S/C19H21FN2O3/c1-21(13-14-4-2-5-16(20)12-14)18(23)15-7-9-22(10-8-15)19(24)17-6-3-11-25-17/h2-6,11-12,15H,7-10,13H2,1H3. The summed E-state index contributed by atoms with van der Waals surface area (Å²) in [5, 5.41) is 0. The van der Waals surface area contributed by atoms with Gasteiger partial charge in [-0.3, -0.25) is 9.59 Å². The Bertz CT molecular complexity index is 737. The van der Waals surface area contributed by atoms with Crippen LogP contribution < -0.4 is 0 Å². The van der Waals surface area contributed by atoms with Crippen molar-refractivity contribution in [1.29, 1.82) is 0 Å². The number of carbonyl (C=O) groups excluding carboxylic acids is 2. The lowest BCUT2D eigenvalue weighted by atomic mass is 9.95. The largest absolute Gasteiger partial charge is 0.459 e. The number of benzene rings is 1. The fraction of sp³-hybridized carbons (Fsp3) is 0.368. The summed E-state index contributed by atoms with van der Waals surface area (Å²) < 4.78 is 18.4. The van der Waals surface area contributed by atoms with Gasteiger partial charge in [0.05, 0.1) is 6.26 Å². The lowest BCUT2D eigenvalue weighted by Gasteiger charge is -2.32. The average molecular weight is 344 g/mol. The van der Waals surface area contributed by atoms with Gasteiger partial charge in [-0.2, -0.15) is 0 Å². The molecule has 1 fully saturated rings. The van der Waals surface area contributed by atoms with E-state index in [-0.39, 0.29) is 23.5 Å². The predicted molar refractivity (Wildman–Crippen MR) is 90.2 cm³/mol. The third kappa shape index (κ3) is 4.07. The highest BCUT2D eigenvalue weighted by Crippen LogP contribution is 2.22. The highest BCUT2D eigenvalue weighted by molar-refractivity contribution is 5.91. The molecule has 3 rings (SSSR count). The van der Waals surface area contributed by atoms with Gasteiger partial charge >= 0.3 is 0 Å². The summed E-state index contributed by atoms with van der Waals surface area (Å²) >= 11 is 0. The Kier molecular flexibility index (Phi) is 5.16. The van der Waals surface area contributed by atoms with E-state index in [2.05, 4.69) is 0 Å². The topological polar surface area (TPSA) is 53.8 Å². The van der Waals surface area contributed by atoms with Gasteiger partial charge in [-0.05, 0) is 42.7 Å². The lowest BCUT2D eigenvalue weighted by molar-refractivity contribution is -0.136. The summed E-state index contributed by atoms with van der Waals surface area (Å²) in [6, 6.07) is 9.60. The molecule has 0 radical (unpaired) electrons. The molecule has 25 heavy (non-hydrogen) atoms. The van der Waals surface area contributed by atoms with E-state index in [1.54, 1.807) is 41.1 Å². The molecule has 1 aromatic carbocycles. The molecule has 0 saturated carbocycles. The van der Waals surface area contributed by atoms with Gasteiger partial charge in [-0.1, -0.05) is 12.1 Å². The predicted octanol–water partition coefficient (Wildman–Crippen LogP) is 2.93. The Labute approximate surface area is 146 Å². The van der Waals surface area contributed by atoms with Gasteiger partial charge in [0.25, 0.3) is 5.91 Å². The van der Waals surface area contributed by atoms with Gasteiger partial charge in [0.15, 0.2) is 5.76 Å². The number of likely N-dealkylation sites (tertiary alicyclic amines) is 1. The van der Waals surface area contributed by atoms with E-state index in [1.165, 1.54) is 18.4 Å². The van der Waals surface area contributed by atoms with Crippen LogP contribution in [0, 0.1) is 11.7 Å². The first-order chi connectivity index (χ1) is 12.0. The summed E-state index contributed by atoms with van der Waals surface area (Å²) in [6.45, 7) is 1.44. The molecule has 0 N–H and O–H groups in total. The van der Waals surface area contributed by atoms with Crippen molar-refractivity contribution >= 4 is 11.8 Å². The molecule has 6 heteroatoms. The monoisotopic (exact) mass is 344 g/mol. The minimum absolute atomic E-state index is 0.0364. The molecule has 1 aliphatic rings. The molecule has 2 aromatic rings. The molecule has 1 saturated heterocycles. The molecule has 0 bridgehead atoms. The third-order valence-electron chi connectivity index (χ3n) is 4.55. The Balaban J connectivity index is 1.53. The van der Waals surface area contributed by atoms with E-state index in [1.807, 2.05) is 0 Å². The van der Waals surface area contributed by atoms with Crippen molar-refractivity contribution in [2.45, 2.75) is 19.4 Å². The van der Waals surface area contributed by atoms with Gasteiger partial charge in [0, 0.05) is 32.6 Å². The highest BCUT2D eigenvalue weighted by Gasteiger charge is 2.30. The van der Waals surface area contributed by atoms with Gasteiger partial charge in [-0.15, -0.1) is 0 Å². The second-order valence-corrected chi connectivity index (χ2v) is 6.37. The van der Waals surface area contributed by atoms with Crippen LogP contribution in [-0.4, -0.2) is 41.8 Å². The number of nitrogens with zero attached hydrogens (tertiary/aromatic N) is 2. The summed E-state index contributed by atoms with van der Waals surface area (Å²) in [5.74, 6) is -0.186. The Morgan fingerprint density at radius 2 is 2.00 bits per heavy atom. The molecule has 0 atom stereocenters. The first kappa shape index (κ1) is 17.2. The van der Waals surface area contributed by atoms with Gasteiger partial charge in [0.2, 0.25) is 5.91 Å². The van der Waals surface area contributed by atoms with Crippen molar-refractivity contribution < 1.29 is 18.4 Å². The van der Waals surface area contributed by atoms with Crippen LogP contribution in [0.15, 0.2) is 47.1 Å². The number of carbonyl (C=O) groups is 2. The third-order valence-corrected chi connectivity index (χ3v) is 4.55. The normalized spacial score (nSPS) is 15.2. The maximum absolute atomic E-state index is 13.3. The SMILES string of the molecule is CN(Cc1cccc(F)c1)C(=O)C1CCN(C(=O)c2ccco2)CC1. The molecular formula is C19H21FN2O3. The zero-order chi connectivity index (χ0) is 17.8. The van der Waals surface area contributed by atoms with Crippen LogP contribution >= 0.6 is 0 Å². The van der Waals surface area contributed by atoms with Crippen molar-refractivity contribution in [3.05, 3.63) is 59.8 Å². The lowest BCUT2D eigenvalue weighted by Crippen LogP contribution is -2.43. The van der Waals surface area contributed by atoms with Crippen LogP contribution in [0.4, 0.5) is 4.39 Å². The van der Waals surface area contributed by atoms with E-state index in [9.17, 15) is 14.0 Å². The van der Waals surface area contributed by atoms with Crippen molar-refractivity contribution in [1.82, 2.24) is 9.80 Å². The second-order valence-electron chi connectivity index (χ2n) is 6.37. The summed E-state index contributed by atoms with van der Waals surface area (Å²) in [4.78, 5) is 28.2. The van der Waals surface area contributed by atoms with E-state index in [4.69, 9.17) is 4.42 Å². The van der Waals surface area contributed by atoms with Crippen LogP contribution in [0.25, 0.3) is 0 Å². The second kappa shape index (κ2) is 7.51.